The second-order valence-electron chi connectivity index (χ2n) is 7.65. The maximum absolute atomic E-state index is 5.43. The molecule has 5 heteroatoms. The first-order valence-electron chi connectivity index (χ1n) is 9.98. The molecule has 0 radical (unpaired) electrons. The summed E-state index contributed by atoms with van der Waals surface area (Å²) in [6, 6.07) is 21.1. The summed E-state index contributed by atoms with van der Waals surface area (Å²) >= 11 is 0. The average molecular weight is 375 g/mol. The molecule has 0 aliphatic carbocycles. The molecular formula is C23H25N3O2+2. The lowest BCUT2D eigenvalue weighted by molar-refractivity contribution is -1.02. The molecule has 3 heterocycles. The number of quaternary nitrogens is 2. The van der Waals surface area contributed by atoms with Crippen LogP contribution in [0.25, 0.3) is 22.3 Å². The van der Waals surface area contributed by atoms with Crippen molar-refractivity contribution in [1.82, 2.24) is 5.16 Å². The van der Waals surface area contributed by atoms with E-state index in [0.29, 0.717) is 5.76 Å². The van der Waals surface area contributed by atoms with Crippen LogP contribution in [0, 0.1) is 0 Å². The Kier molecular flexibility index (Phi) is 4.69. The van der Waals surface area contributed by atoms with Crippen LogP contribution in [0.15, 0.2) is 75.9 Å². The predicted molar refractivity (Wildman–Crippen MR) is 107 cm³/mol. The van der Waals surface area contributed by atoms with Crippen molar-refractivity contribution in [2.24, 2.45) is 0 Å². The SMILES string of the molecule is c1coc(-c2cc(C[NH+]3CC[NH+](Cc4cccc5ccccc45)CC3)no2)c1. The second-order valence-corrected chi connectivity index (χ2v) is 7.65. The summed E-state index contributed by atoms with van der Waals surface area (Å²) < 4.78 is 10.8. The lowest BCUT2D eigenvalue weighted by Crippen LogP contribution is -3.27. The maximum Gasteiger partial charge on any atom is 0.202 e. The van der Waals surface area contributed by atoms with Crippen LogP contribution in [0.3, 0.4) is 0 Å². The van der Waals surface area contributed by atoms with Gasteiger partial charge in [0.25, 0.3) is 0 Å². The highest BCUT2D eigenvalue weighted by Crippen LogP contribution is 2.20. The zero-order chi connectivity index (χ0) is 18.8. The Hall–Kier alpha value is -2.89. The molecule has 28 heavy (non-hydrogen) atoms. The highest BCUT2D eigenvalue weighted by Gasteiger charge is 2.25. The Labute approximate surface area is 164 Å². The zero-order valence-electron chi connectivity index (χ0n) is 15.9. The fourth-order valence-corrected chi connectivity index (χ4v) is 4.21. The van der Waals surface area contributed by atoms with Crippen LogP contribution in [0.1, 0.15) is 11.3 Å². The number of piperazine rings is 1. The molecule has 2 N–H and O–H groups in total. The van der Waals surface area contributed by atoms with Gasteiger partial charge >= 0.3 is 0 Å². The minimum atomic E-state index is 0.708. The first-order chi connectivity index (χ1) is 13.8. The number of nitrogens with zero attached hydrogens (tertiary/aromatic N) is 1. The molecule has 0 amide bonds. The fourth-order valence-electron chi connectivity index (χ4n) is 4.21. The molecule has 0 saturated carbocycles. The van der Waals surface area contributed by atoms with E-state index in [1.54, 1.807) is 16.1 Å². The van der Waals surface area contributed by atoms with Crippen LogP contribution in [0.5, 0.6) is 0 Å². The van der Waals surface area contributed by atoms with Crippen molar-refractivity contribution in [2.75, 3.05) is 26.2 Å². The van der Waals surface area contributed by atoms with Gasteiger partial charge in [0.1, 0.15) is 45.0 Å². The number of aromatic nitrogens is 1. The molecule has 2 aromatic heterocycles. The van der Waals surface area contributed by atoms with Crippen molar-refractivity contribution in [2.45, 2.75) is 13.1 Å². The van der Waals surface area contributed by atoms with Gasteiger partial charge in [-0.3, -0.25) is 0 Å². The third-order valence-electron chi connectivity index (χ3n) is 5.74. The normalized spacial score (nSPS) is 19.9. The molecule has 1 aliphatic rings. The predicted octanol–water partition coefficient (Wildman–Crippen LogP) is 1.57. The van der Waals surface area contributed by atoms with Crippen molar-refractivity contribution in [3.63, 3.8) is 0 Å². The first-order valence-corrected chi connectivity index (χ1v) is 9.98. The van der Waals surface area contributed by atoms with Crippen molar-refractivity contribution in [3.8, 4) is 11.5 Å². The molecule has 142 valence electrons. The Morgan fingerprint density at radius 2 is 1.57 bits per heavy atom. The average Bonchev–Trinajstić information content (AvgIpc) is 3.42. The molecule has 0 unspecified atom stereocenters. The number of rotatable bonds is 5. The minimum absolute atomic E-state index is 0.708. The van der Waals surface area contributed by atoms with E-state index in [2.05, 4.69) is 47.6 Å². The van der Waals surface area contributed by atoms with E-state index in [9.17, 15) is 0 Å². The van der Waals surface area contributed by atoms with Gasteiger partial charge in [-0.2, -0.15) is 0 Å². The molecule has 5 nitrogen and oxygen atoms in total. The van der Waals surface area contributed by atoms with E-state index in [1.165, 1.54) is 29.4 Å². The van der Waals surface area contributed by atoms with Crippen LogP contribution in [-0.4, -0.2) is 31.3 Å². The van der Waals surface area contributed by atoms with Crippen LogP contribution in [0.2, 0.25) is 0 Å². The van der Waals surface area contributed by atoms with Gasteiger partial charge in [0.15, 0.2) is 5.76 Å². The Bertz CT molecular complexity index is 1040. The summed E-state index contributed by atoms with van der Waals surface area (Å²) in [6.45, 7) is 6.68. The van der Waals surface area contributed by atoms with Crippen LogP contribution in [0.4, 0.5) is 0 Å². The minimum Gasteiger partial charge on any atom is -0.461 e. The lowest BCUT2D eigenvalue weighted by atomic mass is 10.0. The molecule has 0 atom stereocenters. The number of fused-ring (bicyclic) bond motifs is 1. The topological polar surface area (TPSA) is 48.1 Å². The van der Waals surface area contributed by atoms with E-state index in [1.807, 2.05) is 18.2 Å². The third kappa shape index (κ3) is 3.59. The maximum atomic E-state index is 5.43. The van der Waals surface area contributed by atoms with Crippen molar-refractivity contribution in [3.05, 3.63) is 78.2 Å². The number of hydrogen-bond acceptors (Lipinski definition) is 3. The lowest BCUT2D eigenvalue weighted by Gasteiger charge is -2.29. The smallest absolute Gasteiger partial charge is 0.202 e. The zero-order valence-corrected chi connectivity index (χ0v) is 15.9. The molecule has 1 aliphatic heterocycles. The molecule has 1 saturated heterocycles. The summed E-state index contributed by atoms with van der Waals surface area (Å²) in [5, 5.41) is 6.95. The number of hydrogen-bond donors (Lipinski definition) is 2. The molecule has 0 bridgehead atoms. The highest BCUT2D eigenvalue weighted by atomic mass is 16.5. The molecule has 0 spiro atoms. The van der Waals surface area contributed by atoms with E-state index in [-0.39, 0.29) is 0 Å². The Morgan fingerprint density at radius 3 is 2.39 bits per heavy atom. The first kappa shape index (κ1) is 17.2. The van der Waals surface area contributed by atoms with Crippen LogP contribution >= 0.6 is 0 Å². The summed E-state index contributed by atoms with van der Waals surface area (Å²) in [5.74, 6) is 1.44. The quantitative estimate of drug-likeness (QED) is 0.557. The summed E-state index contributed by atoms with van der Waals surface area (Å²) in [7, 11) is 0. The summed E-state index contributed by atoms with van der Waals surface area (Å²) in [5.41, 5.74) is 2.45. The third-order valence-corrected chi connectivity index (χ3v) is 5.74. The van der Waals surface area contributed by atoms with Gasteiger partial charge in [-0.25, -0.2) is 0 Å². The highest BCUT2D eigenvalue weighted by molar-refractivity contribution is 5.85. The Morgan fingerprint density at radius 1 is 0.786 bits per heavy atom. The van der Waals surface area contributed by atoms with E-state index >= 15 is 0 Å². The molecule has 2 aromatic carbocycles. The molecule has 4 aromatic rings. The largest absolute Gasteiger partial charge is 0.461 e. The van der Waals surface area contributed by atoms with E-state index < -0.39 is 0 Å². The van der Waals surface area contributed by atoms with Gasteiger partial charge in [0.05, 0.1) is 6.26 Å². The fraction of sp³-hybridized carbons (Fsp3) is 0.261. The summed E-state index contributed by atoms with van der Waals surface area (Å²) in [6.07, 6.45) is 1.65. The number of nitrogens with one attached hydrogen (secondary N) is 2. The van der Waals surface area contributed by atoms with Gasteiger partial charge in [-0.15, -0.1) is 0 Å². The van der Waals surface area contributed by atoms with E-state index in [4.69, 9.17) is 8.94 Å². The van der Waals surface area contributed by atoms with Gasteiger partial charge in [-0.05, 0) is 22.9 Å². The van der Waals surface area contributed by atoms with Gasteiger partial charge in [0.2, 0.25) is 5.76 Å². The van der Waals surface area contributed by atoms with Crippen molar-refractivity contribution < 1.29 is 18.7 Å². The summed E-state index contributed by atoms with van der Waals surface area (Å²) in [4.78, 5) is 3.23. The van der Waals surface area contributed by atoms with Gasteiger partial charge in [0, 0.05) is 11.6 Å². The second kappa shape index (κ2) is 7.62. The van der Waals surface area contributed by atoms with Crippen LogP contribution < -0.4 is 9.80 Å². The standard InChI is InChI=1S/C23H23N3O2/c1-2-8-21-18(5-1)6-3-7-19(21)16-25-10-12-26(13-11-25)17-20-15-23(28-24-20)22-9-4-14-27-22/h1-9,14-15H,10-13,16-17H2/p+2. The number of benzene rings is 2. The molecule has 1 fully saturated rings. The van der Waals surface area contributed by atoms with Crippen molar-refractivity contribution >= 4 is 10.8 Å². The van der Waals surface area contributed by atoms with Crippen LogP contribution in [-0.2, 0) is 13.1 Å². The molecular weight excluding hydrogens is 350 g/mol. The Balaban J connectivity index is 1.19. The van der Waals surface area contributed by atoms with Crippen molar-refractivity contribution in [1.29, 1.82) is 0 Å². The van der Waals surface area contributed by atoms with Gasteiger partial charge < -0.3 is 18.7 Å². The monoisotopic (exact) mass is 375 g/mol. The van der Waals surface area contributed by atoms with Gasteiger partial charge in [-0.1, -0.05) is 47.6 Å². The number of furan rings is 1. The molecule has 5 rings (SSSR count). The van der Waals surface area contributed by atoms with E-state index in [0.717, 1.165) is 37.6 Å².